The normalized spacial score (nSPS) is 12.7. The summed E-state index contributed by atoms with van der Waals surface area (Å²) in [6.45, 7) is 18.7. The molecule has 260 valence electrons. The van der Waals surface area contributed by atoms with Crippen molar-refractivity contribution in [1.82, 2.24) is 5.32 Å². The van der Waals surface area contributed by atoms with Crippen molar-refractivity contribution in [1.29, 1.82) is 0 Å². The second-order valence-electron chi connectivity index (χ2n) is 14.5. The van der Waals surface area contributed by atoms with Gasteiger partial charge in [-0.05, 0) is 106 Å². The van der Waals surface area contributed by atoms with Crippen LogP contribution >= 0.6 is 11.3 Å². The Bertz CT molecular complexity index is 1820. The first-order valence-corrected chi connectivity index (χ1v) is 17.3. The monoisotopic (exact) mass is 685 g/mol. The van der Waals surface area contributed by atoms with Crippen LogP contribution in [0.1, 0.15) is 86.3 Å². The number of fused-ring (bicyclic) bond motifs is 1. The number of alkyl carbamates (subject to hydrolysis) is 1. The SMILES string of the molecule is CC(C)c1ccccc1-c1sc2cc(OC(=O)C(NC(=O)OC(C)(C)C)C(C)C)ccc2c1Oc1ccc(/C=C/C(=O)OC(C)(C)C)cc1. The predicted octanol–water partition coefficient (Wildman–Crippen LogP) is 10.3. The summed E-state index contributed by atoms with van der Waals surface area (Å²) >= 11 is 1.55. The van der Waals surface area contributed by atoms with Gasteiger partial charge in [-0.3, -0.25) is 0 Å². The van der Waals surface area contributed by atoms with E-state index in [2.05, 4.69) is 31.3 Å². The maximum atomic E-state index is 13.3. The minimum Gasteiger partial charge on any atom is -0.457 e. The number of hydrogen-bond acceptors (Lipinski definition) is 8. The van der Waals surface area contributed by atoms with Crippen LogP contribution in [0.5, 0.6) is 17.2 Å². The maximum absolute atomic E-state index is 13.3. The molecule has 1 unspecified atom stereocenters. The second-order valence-corrected chi connectivity index (χ2v) is 15.5. The van der Waals surface area contributed by atoms with Gasteiger partial charge in [0.15, 0.2) is 5.75 Å². The fourth-order valence-electron chi connectivity index (χ4n) is 4.98. The summed E-state index contributed by atoms with van der Waals surface area (Å²) in [5.41, 5.74) is 1.80. The molecular weight excluding hydrogens is 639 g/mol. The van der Waals surface area contributed by atoms with E-state index < -0.39 is 35.3 Å². The molecule has 0 saturated carbocycles. The molecule has 1 N–H and O–H groups in total. The third kappa shape index (κ3) is 10.4. The Morgan fingerprint density at radius 1 is 0.796 bits per heavy atom. The second kappa shape index (κ2) is 15.3. The number of nitrogens with one attached hydrogen (secondary N) is 1. The molecule has 0 aliphatic rings. The van der Waals surface area contributed by atoms with Gasteiger partial charge < -0.3 is 24.3 Å². The summed E-state index contributed by atoms with van der Waals surface area (Å²) in [7, 11) is 0. The molecule has 1 amide bonds. The maximum Gasteiger partial charge on any atom is 0.408 e. The zero-order valence-corrected chi connectivity index (χ0v) is 30.8. The number of hydrogen-bond donors (Lipinski definition) is 1. The molecule has 9 heteroatoms. The summed E-state index contributed by atoms with van der Waals surface area (Å²) in [6, 6.07) is 20.3. The number of carbonyl (C=O) groups is 3. The van der Waals surface area contributed by atoms with Crippen LogP contribution in [0.4, 0.5) is 4.79 Å². The van der Waals surface area contributed by atoms with Gasteiger partial charge in [-0.2, -0.15) is 0 Å². The Balaban J connectivity index is 1.66. The first kappa shape index (κ1) is 37.2. The van der Waals surface area contributed by atoms with Gasteiger partial charge in [-0.15, -0.1) is 11.3 Å². The summed E-state index contributed by atoms with van der Waals surface area (Å²) in [4.78, 5) is 38.8. The van der Waals surface area contributed by atoms with Gasteiger partial charge in [-0.1, -0.05) is 64.1 Å². The fraction of sp³-hybridized carbons (Fsp3) is 0.375. The molecule has 1 heterocycles. The Hall–Kier alpha value is -4.63. The molecule has 4 aromatic rings. The Morgan fingerprint density at radius 2 is 1.43 bits per heavy atom. The number of amides is 1. The summed E-state index contributed by atoms with van der Waals surface area (Å²) in [6.07, 6.45) is 2.44. The van der Waals surface area contributed by atoms with Crippen LogP contribution in [0.3, 0.4) is 0 Å². The lowest BCUT2D eigenvalue weighted by Gasteiger charge is -2.24. The number of rotatable bonds is 10. The molecule has 0 bridgehead atoms. The van der Waals surface area contributed by atoms with Gasteiger partial charge in [0.2, 0.25) is 0 Å². The first-order chi connectivity index (χ1) is 22.9. The van der Waals surface area contributed by atoms with Crippen molar-refractivity contribution in [3.8, 4) is 27.7 Å². The lowest BCUT2D eigenvalue weighted by atomic mass is 9.96. The van der Waals surface area contributed by atoms with Crippen molar-refractivity contribution in [2.75, 3.05) is 0 Å². The van der Waals surface area contributed by atoms with Gasteiger partial charge in [-0.25, -0.2) is 14.4 Å². The van der Waals surface area contributed by atoms with Crippen LogP contribution < -0.4 is 14.8 Å². The minimum atomic E-state index is -0.900. The van der Waals surface area contributed by atoms with E-state index in [0.29, 0.717) is 17.2 Å². The van der Waals surface area contributed by atoms with Crippen molar-refractivity contribution in [3.05, 3.63) is 83.9 Å². The molecular formula is C40H47NO7S. The summed E-state index contributed by atoms with van der Waals surface area (Å²) in [5, 5.41) is 3.52. The highest BCUT2D eigenvalue weighted by Crippen LogP contribution is 2.49. The van der Waals surface area contributed by atoms with Gasteiger partial charge in [0.05, 0.1) is 4.88 Å². The van der Waals surface area contributed by atoms with E-state index in [9.17, 15) is 14.4 Å². The smallest absolute Gasteiger partial charge is 0.408 e. The number of esters is 2. The highest BCUT2D eigenvalue weighted by molar-refractivity contribution is 7.22. The molecule has 3 aromatic carbocycles. The average Bonchev–Trinajstić information content (AvgIpc) is 3.34. The van der Waals surface area contributed by atoms with E-state index in [0.717, 1.165) is 26.1 Å². The van der Waals surface area contributed by atoms with Gasteiger partial charge in [0.25, 0.3) is 0 Å². The van der Waals surface area contributed by atoms with Gasteiger partial charge in [0, 0.05) is 16.2 Å². The third-order valence-electron chi connectivity index (χ3n) is 7.17. The molecule has 0 aliphatic heterocycles. The quantitative estimate of drug-likeness (QED) is 0.101. The Labute approximate surface area is 293 Å². The van der Waals surface area contributed by atoms with Crippen molar-refractivity contribution in [2.24, 2.45) is 5.92 Å². The molecule has 0 spiro atoms. The van der Waals surface area contributed by atoms with Crippen LogP contribution in [0.15, 0.2) is 72.8 Å². The van der Waals surface area contributed by atoms with Crippen LogP contribution in [-0.4, -0.2) is 35.3 Å². The molecule has 8 nitrogen and oxygen atoms in total. The van der Waals surface area contributed by atoms with E-state index in [4.69, 9.17) is 18.9 Å². The number of carbonyl (C=O) groups excluding carboxylic acids is 3. The van der Waals surface area contributed by atoms with E-state index >= 15 is 0 Å². The first-order valence-electron chi connectivity index (χ1n) is 16.5. The van der Waals surface area contributed by atoms with Gasteiger partial charge >= 0.3 is 18.0 Å². The standard InChI is InChI=1S/C40H47NO7S/c1-24(2)29-13-11-12-14-30(29)36-35(45-27-18-15-26(16-19-27)17-22-33(42)47-39(5,6)7)31-21-20-28(23-32(31)49-36)46-37(43)34(25(3)4)41-38(44)48-40(8,9)10/h11-25,34H,1-10H3,(H,41,44)/b22-17+. The molecule has 4 rings (SSSR count). The van der Waals surface area contributed by atoms with E-state index in [1.54, 1.807) is 44.3 Å². The van der Waals surface area contributed by atoms with Gasteiger partial charge in [0.1, 0.15) is 28.7 Å². The zero-order valence-electron chi connectivity index (χ0n) is 30.0. The molecule has 0 aliphatic carbocycles. The van der Waals surface area contributed by atoms with Crippen LogP contribution in [0, 0.1) is 5.92 Å². The fourth-order valence-corrected chi connectivity index (χ4v) is 6.19. The molecule has 0 fully saturated rings. The highest BCUT2D eigenvalue weighted by Gasteiger charge is 2.29. The molecule has 1 aromatic heterocycles. The molecule has 49 heavy (non-hydrogen) atoms. The number of thiophene rings is 1. The van der Waals surface area contributed by atoms with Crippen molar-refractivity contribution >= 4 is 45.5 Å². The average molecular weight is 686 g/mol. The predicted molar refractivity (Wildman–Crippen MR) is 196 cm³/mol. The van der Waals surface area contributed by atoms with Crippen LogP contribution in [0.2, 0.25) is 0 Å². The number of benzene rings is 3. The highest BCUT2D eigenvalue weighted by atomic mass is 32.1. The van der Waals surface area contributed by atoms with E-state index in [1.807, 2.05) is 83.1 Å². The van der Waals surface area contributed by atoms with Crippen molar-refractivity contribution < 1.29 is 33.3 Å². The third-order valence-corrected chi connectivity index (χ3v) is 8.34. The Kier molecular flexibility index (Phi) is 11.6. The lowest BCUT2D eigenvalue weighted by molar-refractivity contribution is -0.148. The molecule has 0 radical (unpaired) electrons. The summed E-state index contributed by atoms with van der Waals surface area (Å²) < 4.78 is 24.0. The topological polar surface area (TPSA) is 100 Å². The van der Waals surface area contributed by atoms with E-state index in [-0.39, 0.29) is 11.8 Å². The summed E-state index contributed by atoms with van der Waals surface area (Å²) in [5.74, 6) is 0.716. The van der Waals surface area contributed by atoms with Crippen LogP contribution in [-0.2, 0) is 19.1 Å². The zero-order chi connectivity index (χ0) is 36.1. The van der Waals surface area contributed by atoms with Crippen molar-refractivity contribution in [3.63, 3.8) is 0 Å². The van der Waals surface area contributed by atoms with E-state index in [1.165, 1.54) is 11.6 Å². The minimum absolute atomic E-state index is 0.233. The lowest BCUT2D eigenvalue weighted by Crippen LogP contribution is -2.48. The number of ether oxygens (including phenoxy) is 4. The van der Waals surface area contributed by atoms with Crippen molar-refractivity contribution in [2.45, 2.75) is 92.4 Å². The largest absolute Gasteiger partial charge is 0.457 e. The molecule has 0 saturated heterocycles. The van der Waals surface area contributed by atoms with Crippen LogP contribution in [0.25, 0.3) is 26.6 Å². The Morgan fingerprint density at radius 3 is 2.04 bits per heavy atom. The molecule has 1 atom stereocenters.